The second-order valence-corrected chi connectivity index (χ2v) is 6.33. The number of ether oxygens (including phenoxy) is 1. The Morgan fingerprint density at radius 2 is 2.05 bits per heavy atom. The van der Waals surface area contributed by atoms with Crippen LogP contribution in [0.1, 0.15) is 0 Å². The van der Waals surface area contributed by atoms with Crippen molar-refractivity contribution < 1.29 is 4.74 Å². The minimum absolute atomic E-state index is 0.628. The minimum atomic E-state index is 0.628. The molecule has 0 amide bonds. The van der Waals surface area contributed by atoms with Crippen LogP contribution >= 0.6 is 39.3 Å². The summed E-state index contributed by atoms with van der Waals surface area (Å²) in [5, 5.41) is 0.659. The van der Waals surface area contributed by atoms with E-state index < -0.39 is 0 Å². The molecule has 2 N–H and O–H groups in total. The van der Waals surface area contributed by atoms with Gasteiger partial charge in [0, 0.05) is 25.8 Å². The van der Waals surface area contributed by atoms with E-state index in [0.29, 0.717) is 17.3 Å². The zero-order valence-corrected chi connectivity index (χ0v) is 13.3. The van der Waals surface area contributed by atoms with Gasteiger partial charge in [0.15, 0.2) is 0 Å². The Kier molecular flexibility index (Phi) is 5.43. The van der Waals surface area contributed by atoms with Gasteiger partial charge in [-0.15, -0.1) is 11.8 Å². The van der Waals surface area contributed by atoms with Crippen molar-refractivity contribution in [3.05, 3.63) is 52.0 Å². The second kappa shape index (κ2) is 7.08. The van der Waals surface area contributed by atoms with Crippen molar-refractivity contribution in [2.75, 3.05) is 18.1 Å². The summed E-state index contributed by atoms with van der Waals surface area (Å²) in [5.41, 5.74) is 6.59. The highest BCUT2D eigenvalue weighted by Gasteiger charge is 2.01. The molecule has 100 valence electrons. The third-order valence-electron chi connectivity index (χ3n) is 2.38. The second-order valence-electron chi connectivity index (χ2n) is 3.84. The first-order chi connectivity index (χ1) is 9.15. The zero-order valence-electron chi connectivity index (χ0n) is 10.1. The fourth-order valence-corrected chi connectivity index (χ4v) is 2.85. The quantitative estimate of drug-likeness (QED) is 0.471. The van der Waals surface area contributed by atoms with E-state index >= 15 is 0 Å². The molecule has 0 aromatic heterocycles. The van der Waals surface area contributed by atoms with Gasteiger partial charge < -0.3 is 10.5 Å². The van der Waals surface area contributed by atoms with Gasteiger partial charge in [0.05, 0.1) is 6.61 Å². The van der Waals surface area contributed by atoms with E-state index in [4.69, 9.17) is 22.1 Å². The lowest BCUT2D eigenvalue weighted by atomic mass is 10.3. The standard InChI is InChI=1S/C14H13BrClNOS/c15-10-2-1-3-12(8-10)18-6-7-19-14-5-4-11(16)9-13(14)17/h1-5,8-9H,6-7,17H2. The molecule has 0 spiro atoms. The summed E-state index contributed by atoms with van der Waals surface area (Å²) in [6.07, 6.45) is 0. The molecule has 0 aliphatic carbocycles. The van der Waals surface area contributed by atoms with Gasteiger partial charge in [-0.3, -0.25) is 0 Å². The molecular formula is C14H13BrClNOS. The van der Waals surface area contributed by atoms with Crippen molar-refractivity contribution in [3.8, 4) is 5.75 Å². The van der Waals surface area contributed by atoms with Crippen LogP contribution in [0.2, 0.25) is 5.02 Å². The summed E-state index contributed by atoms with van der Waals surface area (Å²) in [5.74, 6) is 1.69. The van der Waals surface area contributed by atoms with Crippen LogP contribution in [0.25, 0.3) is 0 Å². The SMILES string of the molecule is Nc1cc(Cl)ccc1SCCOc1cccc(Br)c1. The summed E-state index contributed by atoms with van der Waals surface area (Å²) >= 11 is 10.9. The first kappa shape index (κ1) is 14.6. The lowest BCUT2D eigenvalue weighted by molar-refractivity contribution is 0.344. The molecule has 0 aliphatic rings. The Balaban J connectivity index is 1.81. The number of hydrogen-bond acceptors (Lipinski definition) is 3. The summed E-state index contributed by atoms with van der Waals surface area (Å²) in [6, 6.07) is 13.3. The van der Waals surface area contributed by atoms with Crippen molar-refractivity contribution in [1.29, 1.82) is 0 Å². The lowest BCUT2D eigenvalue weighted by Gasteiger charge is -2.08. The summed E-state index contributed by atoms with van der Waals surface area (Å²) < 4.78 is 6.67. The molecule has 19 heavy (non-hydrogen) atoms. The number of halogens is 2. The zero-order chi connectivity index (χ0) is 13.7. The highest BCUT2D eigenvalue weighted by Crippen LogP contribution is 2.27. The van der Waals surface area contributed by atoms with E-state index in [-0.39, 0.29) is 0 Å². The predicted octanol–water partition coefficient (Wildman–Crippen LogP) is 4.86. The van der Waals surface area contributed by atoms with Crippen molar-refractivity contribution in [3.63, 3.8) is 0 Å². The molecule has 0 fully saturated rings. The molecule has 0 aliphatic heterocycles. The smallest absolute Gasteiger partial charge is 0.120 e. The van der Waals surface area contributed by atoms with Crippen molar-refractivity contribution >= 4 is 45.0 Å². The van der Waals surface area contributed by atoms with E-state index in [1.54, 1.807) is 17.8 Å². The van der Waals surface area contributed by atoms with Crippen molar-refractivity contribution in [2.45, 2.75) is 4.90 Å². The summed E-state index contributed by atoms with van der Waals surface area (Å²) in [4.78, 5) is 1.03. The Bertz CT molecular complexity index is 565. The summed E-state index contributed by atoms with van der Waals surface area (Å²) in [6.45, 7) is 0.628. The Morgan fingerprint density at radius 3 is 2.79 bits per heavy atom. The van der Waals surface area contributed by atoms with Crippen LogP contribution in [0.3, 0.4) is 0 Å². The third kappa shape index (κ3) is 4.64. The van der Waals surface area contributed by atoms with Gasteiger partial charge >= 0.3 is 0 Å². The van der Waals surface area contributed by atoms with Crippen LogP contribution in [-0.2, 0) is 0 Å². The average Bonchev–Trinajstić information content (AvgIpc) is 2.37. The number of thioether (sulfide) groups is 1. The monoisotopic (exact) mass is 357 g/mol. The van der Waals surface area contributed by atoms with Crippen LogP contribution < -0.4 is 10.5 Å². The number of nitrogens with two attached hydrogens (primary N) is 1. The molecule has 0 saturated heterocycles. The van der Waals surface area contributed by atoms with Gasteiger partial charge in [0.2, 0.25) is 0 Å². The van der Waals surface area contributed by atoms with E-state index in [0.717, 1.165) is 20.9 Å². The predicted molar refractivity (Wildman–Crippen MR) is 86.2 cm³/mol. The number of anilines is 1. The average molecular weight is 359 g/mol. The largest absolute Gasteiger partial charge is 0.493 e. The van der Waals surface area contributed by atoms with Crippen LogP contribution in [0.4, 0.5) is 5.69 Å². The maximum atomic E-state index is 5.88. The lowest BCUT2D eigenvalue weighted by Crippen LogP contribution is -2.00. The molecular weight excluding hydrogens is 346 g/mol. The normalized spacial score (nSPS) is 10.4. The van der Waals surface area contributed by atoms with Crippen LogP contribution in [0.15, 0.2) is 51.8 Å². The molecule has 2 aromatic rings. The van der Waals surface area contributed by atoms with Crippen molar-refractivity contribution in [1.82, 2.24) is 0 Å². The highest BCUT2D eigenvalue weighted by molar-refractivity contribution is 9.10. The first-order valence-electron chi connectivity index (χ1n) is 5.71. The van der Waals surface area contributed by atoms with Gasteiger partial charge in [-0.2, -0.15) is 0 Å². The van der Waals surface area contributed by atoms with Crippen LogP contribution in [0, 0.1) is 0 Å². The molecule has 0 heterocycles. The maximum absolute atomic E-state index is 5.88. The Hall–Kier alpha value is -0.840. The van der Waals surface area contributed by atoms with E-state index in [9.17, 15) is 0 Å². The third-order valence-corrected chi connectivity index (χ3v) is 4.16. The van der Waals surface area contributed by atoms with E-state index in [1.165, 1.54) is 0 Å². The number of benzene rings is 2. The minimum Gasteiger partial charge on any atom is -0.493 e. The molecule has 0 bridgehead atoms. The molecule has 2 rings (SSSR count). The summed E-state index contributed by atoms with van der Waals surface area (Å²) in [7, 11) is 0. The molecule has 0 saturated carbocycles. The van der Waals surface area contributed by atoms with Gasteiger partial charge in [0.25, 0.3) is 0 Å². The Morgan fingerprint density at radius 1 is 1.21 bits per heavy atom. The van der Waals surface area contributed by atoms with Gasteiger partial charge in [-0.05, 0) is 36.4 Å². The van der Waals surface area contributed by atoms with Gasteiger partial charge in [0.1, 0.15) is 5.75 Å². The van der Waals surface area contributed by atoms with Crippen molar-refractivity contribution in [2.24, 2.45) is 0 Å². The Labute approximate surface area is 130 Å². The van der Waals surface area contributed by atoms with E-state index in [2.05, 4.69) is 15.9 Å². The maximum Gasteiger partial charge on any atom is 0.120 e. The first-order valence-corrected chi connectivity index (χ1v) is 7.87. The number of hydrogen-bond donors (Lipinski definition) is 1. The molecule has 2 aromatic carbocycles. The van der Waals surface area contributed by atoms with E-state index in [1.807, 2.05) is 36.4 Å². The van der Waals surface area contributed by atoms with Crippen LogP contribution in [0.5, 0.6) is 5.75 Å². The molecule has 2 nitrogen and oxygen atoms in total. The van der Waals surface area contributed by atoms with Gasteiger partial charge in [-0.1, -0.05) is 33.6 Å². The number of rotatable bonds is 5. The highest BCUT2D eigenvalue weighted by atomic mass is 79.9. The molecule has 0 radical (unpaired) electrons. The van der Waals surface area contributed by atoms with Crippen LogP contribution in [-0.4, -0.2) is 12.4 Å². The molecule has 5 heteroatoms. The molecule has 0 atom stereocenters. The molecule has 0 unspecified atom stereocenters. The topological polar surface area (TPSA) is 35.2 Å². The van der Waals surface area contributed by atoms with Gasteiger partial charge in [-0.25, -0.2) is 0 Å². The number of nitrogen functional groups attached to an aromatic ring is 1. The fraction of sp³-hybridized carbons (Fsp3) is 0.143. The fourth-order valence-electron chi connectivity index (χ4n) is 1.52.